The van der Waals surface area contributed by atoms with Gasteiger partial charge in [0.25, 0.3) is 12.3 Å². The second-order valence-electron chi connectivity index (χ2n) is 8.80. The molecular weight excluding hydrogens is 462 g/mol. The molecule has 1 N–H and O–H groups in total. The summed E-state index contributed by atoms with van der Waals surface area (Å²) in [6.45, 7) is 6.32. The number of rotatable bonds is 9. The van der Waals surface area contributed by atoms with Crippen LogP contribution in [0.2, 0.25) is 0 Å². The molecule has 2 aromatic heterocycles. The standard InChI is InChI=1S/C28H30F2N4O2/c1-5-17(3)18-7-9-19(10-8-18)23(6-2)33-28(35)22-16-31-34-25(26(29)30)15-24(32-27(22)34)20-11-13-21(36-4)14-12-20/h7-17,23,26H,5-6H2,1-4H3,(H,33,35)/t17-,23+/m0/s1. The van der Waals surface area contributed by atoms with Gasteiger partial charge in [0.2, 0.25) is 0 Å². The Bertz CT molecular complexity index is 1330. The number of halogens is 2. The van der Waals surface area contributed by atoms with Crippen LogP contribution >= 0.6 is 0 Å². The normalized spacial score (nSPS) is 13.1. The third-order valence-corrected chi connectivity index (χ3v) is 6.59. The molecule has 0 unspecified atom stereocenters. The highest BCUT2D eigenvalue weighted by Gasteiger charge is 2.23. The summed E-state index contributed by atoms with van der Waals surface area (Å²) in [6.07, 6.45) is 0.213. The van der Waals surface area contributed by atoms with E-state index in [4.69, 9.17) is 4.74 Å². The van der Waals surface area contributed by atoms with Crippen molar-refractivity contribution in [1.29, 1.82) is 0 Å². The van der Waals surface area contributed by atoms with E-state index in [2.05, 4.69) is 41.4 Å². The Morgan fingerprint density at radius 2 is 1.69 bits per heavy atom. The first-order valence-electron chi connectivity index (χ1n) is 12.1. The molecule has 8 heteroatoms. The van der Waals surface area contributed by atoms with Crippen molar-refractivity contribution in [3.05, 3.63) is 83.2 Å². The summed E-state index contributed by atoms with van der Waals surface area (Å²) in [4.78, 5) is 17.8. The quantitative estimate of drug-likeness (QED) is 0.281. The molecule has 4 aromatic rings. The van der Waals surface area contributed by atoms with Gasteiger partial charge < -0.3 is 10.1 Å². The maximum Gasteiger partial charge on any atom is 0.280 e. The number of hydrogen-bond acceptors (Lipinski definition) is 4. The number of alkyl halides is 2. The number of ether oxygens (including phenoxy) is 1. The van der Waals surface area contributed by atoms with Crippen LogP contribution in [0.15, 0.2) is 60.8 Å². The maximum absolute atomic E-state index is 13.9. The molecule has 0 spiro atoms. The third-order valence-electron chi connectivity index (χ3n) is 6.59. The average Bonchev–Trinajstić information content (AvgIpc) is 3.35. The molecule has 0 aliphatic carbocycles. The average molecular weight is 493 g/mol. The van der Waals surface area contributed by atoms with Gasteiger partial charge in [-0.2, -0.15) is 5.10 Å². The molecule has 0 saturated carbocycles. The summed E-state index contributed by atoms with van der Waals surface area (Å²) in [7, 11) is 1.55. The van der Waals surface area contributed by atoms with Gasteiger partial charge in [-0.3, -0.25) is 4.79 Å². The van der Waals surface area contributed by atoms with Crippen molar-refractivity contribution in [3.63, 3.8) is 0 Å². The number of carbonyl (C=O) groups is 1. The molecule has 1 amide bonds. The summed E-state index contributed by atoms with van der Waals surface area (Å²) >= 11 is 0. The van der Waals surface area contributed by atoms with E-state index in [1.54, 1.807) is 31.4 Å². The fourth-order valence-electron chi connectivity index (χ4n) is 4.16. The predicted octanol–water partition coefficient (Wildman–Crippen LogP) is 6.74. The highest BCUT2D eigenvalue weighted by atomic mass is 19.3. The SMILES string of the molecule is CC[C@H](C)c1ccc([C@@H](CC)NC(=O)c2cnn3c(C(F)F)cc(-c4ccc(OC)cc4)nc23)cc1. The van der Waals surface area contributed by atoms with Gasteiger partial charge >= 0.3 is 0 Å². The van der Waals surface area contributed by atoms with Crippen molar-refractivity contribution < 1.29 is 18.3 Å². The highest BCUT2D eigenvalue weighted by Crippen LogP contribution is 2.28. The monoisotopic (exact) mass is 492 g/mol. The van der Waals surface area contributed by atoms with Crippen molar-refractivity contribution in [2.75, 3.05) is 7.11 Å². The van der Waals surface area contributed by atoms with Crippen LogP contribution < -0.4 is 10.1 Å². The minimum atomic E-state index is -2.80. The Kier molecular flexibility index (Phi) is 7.62. The van der Waals surface area contributed by atoms with Crippen LogP contribution in [0.3, 0.4) is 0 Å². The lowest BCUT2D eigenvalue weighted by molar-refractivity contribution is 0.0936. The number of fused-ring (bicyclic) bond motifs is 1. The molecule has 0 saturated heterocycles. The predicted molar refractivity (Wildman–Crippen MR) is 136 cm³/mol. The zero-order chi connectivity index (χ0) is 25.8. The van der Waals surface area contributed by atoms with Gasteiger partial charge in [0, 0.05) is 5.56 Å². The van der Waals surface area contributed by atoms with Crippen LogP contribution in [0.1, 0.15) is 79.2 Å². The minimum Gasteiger partial charge on any atom is -0.497 e. The second kappa shape index (κ2) is 10.8. The van der Waals surface area contributed by atoms with Crippen molar-refractivity contribution in [3.8, 4) is 17.0 Å². The van der Waals surface area contributed by atoms with E-state index in [1.807, 2.05) is 19.1 Å². The fraction of sp³-hybridized carbons (Fsp3) is 0.321. The largest absolute Gasteiger partial charge is 0.497 e. The van der Waals surface area contributed by atoms with Gasteiger partial charge in [-0.25, -0.2) is 18.3 Å². The van der Waals surface area contributed by atoms with Gasteiger partial charge in [-0.05, 0) is 60.2 Å². The molecule has 0 fully saturated rings. The summed E-state index contributed by atoms with van der Waals surface area (Å²) in [6, 6.07) is 16.2. The van der Waals surface area contributed by atoms with Crippen molar-refractivity contribution in [1.82, 2.24) is 19.9 Å². The lowest BCUT2D eigenvalue weighted by Crippen LogP contribution is -2.28. The van der Waals surface area contributed by atoms with E-state index >= 15 is 0 Å². The molecule has 0 aliphatic rings. The van der Waals surface area contributed by atoms with Crippen LogP contribution in [0, 0.1) is 0 Å². The summed E-state index contributed by atoms with van der Waals surface area (Å²) in [5.41, 5.74) is 3.07. The van der Waals surface area contributed by atoms with E-state index in [9.17, 15) is 13.6 Å². The van der Waals surface area contributed by atoms with E-state index in [-0.39, 0.29) is 22.9 Å². The number of aromatic nitrogens is 3. The first kappa shape index (κ1) is 25.3. The van der Waals surface area contributed by atoms with Crippen LogP contribution in [0.25, 0.3) is 16.9 Å². The number of amides is 1. The van der Waals surface area contributed by atoms with E-state index in [1.165, 1.54) is 17.8 Å². The van der Waals surface area contributed by atoms with Gasteiger partial charge in [-0.15, -0.1) is 0 Å². The maximum atomic E-state index is 13.9. The Morgan fingerprint density at radius 3 is 2.28 bits per heavy atom. The zero-order valence-electron chi connectivity index (χ0n) is 20.8. The summed E-state index contributed by atoms with van der Waals surface area (Å²) in [5.74, 6) is 0.686. The number of nitrogens with one attached hydrogen (secondary N) is 1. The van der Waals surface area contributed by atoms with Crippen LogP contribution in [-0.2, 0) is 0 Å². The molecular formula is C28H30F2N4O2. The van der Waals surface area contributed by atoms with Crippen LogP contribution in [0.4, 0.5) is 8.78 Å². The number of nitrogens with zero attached hydrogens (tertiary/aromatic N) is 3. The Hall–Kier alpha value is -3.81. The van der Waals surface area contributed by atoms with Gasteiger partial charge in [0.15, 0.2) is 5.65 Å². The number of benzene rings is 2. The first-order valence-corrected chi connectivity index (χ1v) is 12.1. The van der Waals surface area contributed by atoms with Gasteiger partial charge in [0.1, 0.15) is 17.0 Å². The Morgan fingerprint density at radius 1 is 1.03 bits per heavy atom. The molecule has 6 nitrogen and oxygen atoms in total. The fourth-order valence-corrected chi connectivity index (χ4v) is 4.16. The molecule has 2 aromatic carbocycles. The molecule has 0 bridgehead atoms. The summed E-state index contributed by atoms with van der Waals surface area (Å²) < 4.78 is 34.0. The molecule has 0 aliphatic heterocycles. The molecule has 4 rings (SSSR count). The second-order valence-corrected chi connectivity index (χ2v) is 8.80. The van der Waals surface area contributed by atoms with Gasteiger partial charge in [-0.1, -0.05) is 45.0 Å². The lowest BCUT2D eigenvalue weighted by atomic mass is 9.95. The number of methoxy groups -OCH3 is 1. The van der Waals surface area contributed by atoms with Crippen molar-refractivity contribution in [2.24, 2.45) is 0 Å². The smallest absolute Gasteiger partial charge is 0.280 e. The summed E-state index contributed by atoms with van der Waals surface area (Å²) in [5, 5.41) is 7.09. The highest BCUT2D eigenvalue weighted by molar-refractivity contribution is 6.00. The number of carbonyl (C=O) groups excluding carboxylic acids is 1. The molecule has 36 heavy (non-hydrogen) atoms. The van der Waals surface area contributed by atoms with E-state index < -0.39 is 12.3 Å². The molecule has 2 atom stereocenters. The molecule has 0 radical (unpaired) electrons. The number of hydrogen-bond donors (Lipinski definition) is 1. The Balaban J connectivity index is 1.67. The van der Waals surface area contributed by atoms with Crippen molar-refractivity contribution in [2.45, 2.75) is 52.0 Å². The zero-order valence-corrected chi connectivity index (χ0v) is 20.8. The molecule has 188 valence electrons. The molecule has 2 heterocycles. The Labute approximate surface area is 209 Å². The first-order chi connectivity index (χ1) is 17.4. The van der Waals surface area contributed by atoms with Gasteiger partial charge in [0.05, 0.1) is 25.0 Å². The van der Waals surface area contributed by atoms with Crippen LogP contribution in [0.5, 0.6) is 5.75 Å². The van der Waals surface area contributed by atoms with E-state index in [0.717, 1.165) is 16.5 Å². The van der Waals surface area contributed by atoms with E-state index in [0.29, 0.717) is 29.3 Å². The minimum absolute atomic E-state index is 0.0816. The third kappa shape index (κ3) is 5.08. The topological polar surface area (TPSA) is 68.5 Å². The van der Waals surface area contributed by atoms with Crippen LogP contribution in [-0.4, -0.2) is 27.6 Å². The lowest BCUT2D eigenvalue weighted by Gasteiger charge is -2.18. The van der Waals surface area contributed by atoms with Crippen molar-refractivity contribution >= 4 is 11.6 Å².